The summed E-state index contributed by atoms with van der Waals surface area (Å²) in [6, 6.07) is 8.04. The first-order valence-corrected chi connectivity index (χ1v) is 10.6. The average Bonchev–Trinajstić information content (AvgIpc) is 3.24. The zero-order valence-corrected chi connectivity index (χ0v) is 19.3. The van der Waals surface area contributed by atoms with E-state index >= 15 is 0 Å². The molecular formula is C22H27IO6. The summed E-state index contributed by atoms with van der Waals surface area (Å²) < 4.78 is 29.4. The molecule has 0 amide bonds. The van der Waals surface area contributed by atoms with Gasteiger partial charge in [-0.15, -0.1) is 0 Å². The number of rotatable bonds is 8. The molecule has 2 aromatic rings. The van der Waals surface area contributed by atoms with Crippen molar-refractivity contribution in [3.63, 3.8) is 0 Å². The molecule has 1 saturated heterocycles. The van der Waals surface area contributed by atoms with Gasteiger partial charge in [-0.3, -0.25) is 0 Å². The highest BCUT2D eigenvalue weighted by atomic mass is 127. The number of methoxy groups -OCH3 is 4. The highest BCUT2D eigenvalue weighted by Gasteiger charge is 2.30. The van der Waals surface area contributed by atoms with Crippen molar-refractivity contribution in [2.75, 3.05) is 35.0 Å². The number of halogens is 1. The van der Waals surface area contributed by atoms with Crippen molar-refractivity contribution in [3.05, 3.63) is 44.5 Å². The van der Waals surface area contributed by atoms with Crippen LogP contribution in [0.2, 0.25) is 0 Å². The van der Waals surface area contributed by atoms with E-state index in [4.69, 9.17) is 23.7 Å². The molecule has 7 heteroatoms. The van der Waals surface area contributed by atoms with Gasteiger partial charge in [-0.2, -0.15) is 0 Å². The number of hydrogen-bond acceptors (Lipinski definition) is 6. The Morgan fingerprint density at radius 1 is 0.862 bits per heavy atom. The number of aliphatic hydroxyl groups excluding tert-OH is 1. The molecule has 2 aromatic carbocycles. The van der Waals surface area contributed by atoms with E-state index in [1.54, 1.807) is 28.4 Å². The second-order valence-electron chi connectivity index (χ2n) is 6.81. The fraction of sp³-hybridized carbons (Fsp3) is 0.455. The predicted molar refractivity (Wildman–Crippen MR) is 118 cm³/mol. The van der Waals surface area contributed by atoms with E-state index in [1.807, 2.05) is 18.2 Å². The van der Waals surface area contributed by atoms with Gasteiger partial charge >= 0.3 is 0 Å². The lowest BCUT2D eigenvalue weighted by Gasteiger charge is -2.19. The Morgan fingerprint density at radius 2 is 1.38 bits per heavy atom. The van der Waals surface area contributed by atoms with Crippen LogP contribution >= 0.6 is 22.6 Å². The minimum absolute atomic E-state index is 0.0234. The van der Waals surface area contributed by atoms with Gasteiger partial charge in [-0.05, 0) is 70.8 Å². The normalized spacial score (nSPS) is 18.6. The first kappa shape index (κ1) is 22.0. The minimum atomic E-state index is -0.0607. The Hall–Kier alpha value is -1.71. The summed E-state index contributed by atoms with van der Waals surface area (Å²) in [6.07, 6.45) is 2.28. The van der Waals surface area contributed by atoms with Gasteiger partial charge in [0.2, 0.25) is 5.75 Å². The molecule has 29 heavy (non-hydrogen) atoms. The van der Waals surface area contributed by atoms with Crippen LogP contribution in [-0.4, -0.2) is 40.2 Å². The van der Waals surface area contributed by atoms with Crippen LogP contribution < -0.4 is 18.9 Å². The first-order valence-electron chi connectivity index (χ1n) is 9.48. The van der Waals surface area contributed by atoms with Gasteiger partial charge in [-0.25, -0.2) is 0 Å². The molecule has 6 nitrogen and oxygen atoms in total. The molecule has 0 radical (unpaired) electrons. The molecule has 1 N–H and O–H groups in total. The zero-order chi connectivity index (χ0) is 21.0. The van der Waals surface area contributed by atoms with Gasteiger partial charge in [-0.1, -0.05) is 0 Å². The molecule has 2 atom stereocenters. The highest BCUT2D eigenvalue weighted by molar-refractivity contribution is 14.1. The van der Waals surface area contributed by atoms with Crippen LogP contribution in [0.15, 0.2) is 24.3 Å². The average molecular weight is 514 g/mol. The summed E-state index contributed by atoms with van der Waals surface area (Å²) in [5, 5.41) is 9.32. The standard InChI is InChI=1S/C22H27IO6/c1-25-19-10-13(9-16(23)15(19)7-8-24)17-5-6-18(29-17)14-11-20(26-2)22(28-4)21(12-14)27-3/h9-12,17-18,24H,5-8H2,1-4H3/t17-,18-/m1/s1. The SMILES string of the molecule is COc1cc([C@H]2CC[C@H](c3cc(OC)c(OC)c(OC)c3)O2)cc(I)c1CCO. The van der Waals surface area contributed by atoms with Crippen molar-refractivity contribution in [1.82, 2.24) is 0 Å². The van der Waals surface area contributed by atoms with Crippen molar-refractivity contribution in [2.45, 2.75) is 31.5 Å². The molecule has 0 saturated carbocycles. The molecule has 0 aromatic heterocycles. The maximum Gasteiger partial charge on any atom is 0.203 e. The topological polar surface area (TPSA) is 66.4 Å². The van der Waals surface area contributed by atoms with Crippen molar-refractivity contribution in [3.8, 4) is 23.0 Å². The van der Waals surface area contributed by atoms with Crippen molar-refractivity contribution in [2.24, 2.45) is 0 Å². The van der Waals surface area contributed by atoms with Crippen LogP contribution in [0.25, 0.3) is 0 Å². The molecule has 0 aliphatic carbocycles. The van der Waals surface area contributed by atoms with E-state index in [-0.39, 0.29) is 18.8 Å². The van der Waals surface area contributed by atoms with Crippen LogP contribution in [-0.2, 0) is 11.2 Å². The summed E-state index contributed by atoms with van der Waals surface area (Å²) >= 11 is 2.29. The third kappa shape index (κ3) is 4.57. The van der Waals surface area contributed by atoms with Gasteiger partial charge in [0.25, 0.3) is 0 Å². The fourth-order valence-electron chi connectivity index (χ4n) is 3.77. The van der Waals surface area contributed by atoms with Gasteiger partial charge in [0, 0.05) is 22.2 Å². The van der Waals surface area contributed by atoms with Crippen molar-refractivity contribution >= 4 is 22.6 Å². The summed E-state index contributed by atoms with van der Waals surface area (Å²) in [4.78, 5) is 0. The summed E-state index contributed by atoms with van der Waals surface area (Å²) in [5.41, 5.74) is 3.11. The van der Waals surface area contributed by atoms with Crippen LogP contribution in [0.4, 0.5) is 0 Å². The van der Waals surface area contributed by atoms with Crippen LogP contribution in [0.3, 0.4) is 0 Å². The molecule has 0 unspecified atom stereocenters. The van der Waals surface area contributed by atoms with E-state index in [9.17, 15) is 5.11 Å². The van der Waals surface area contributed by atoms with Crippen LogP contribution in [0.1, 0.15) is 41.7 Å². The summed E-state index contributed by atoms with van der Waals surface area (Å²) in [5.74, 6) is 2.62. The van der Waals surface area contributed by atoms with Gasteiger partial charge in [0.05, 0.1) is 40.6 Å². The summed E-state index contributed by atoms with van der Waals surface area (Å²) in [6.45, 7) is 0.0921. The third-order valence-corrected chi connectivity index (χ3v) is 6.17. The monoisotopic (exact) mass is 514 g/mol. The first-order chi connectivity index (χ1) is 14.1. The van der Waals surface area contributed by atoms with Crippen LogP contribution in [0, 0.1) is 3.57 Å². The Morgan fingerprint density at radius 3 is 1.86 bits per heavy atom. The number of ether oxygens (including phenoxy) is 5. The molecular weight excluding hydrogens is 487 g/mol. The number of hydrogen-bond donors (Lipinski definition) is 1. The molecule has 1 aliphatic heterocycles. The quantitative estimate of drug-likeness (QED) is 0.526. The zero-order valence-electron chi connectivity index (χ0n) is 17.2. The maximum absolute atomic E-state index is 9.32. The molecule has 3 rings (SSSR count). The lowest BCUT2D eigenvalue weighted by atomic mass is 10.0. The molecule has 158 valence electrons. The highest BCUT2D eigenvalue weighted by Crippen LogP contribution is 2.46. The smallest absolute Gasteiger partial charge is 0.203 e. The fourth-order valence-corrected chi connectivity index (χ4v) is 4.66. The minimum Gasteiger partial charge on any atom is -0.496 e. The van der Waals surface area contributed by atoms with E-state index in [0.717, 1.165) is 38.9 Å². The molecule has 0 spiro atoms. The predicted octanol–water partition coefficient (Wildman–Crippen LogP) is 4.45. The second kappa shape index (κ2) is 9.86. The molecule has 1 heterocycles. The van der Waals surface area contributed by atoms with Gasteiger partial charge in [0.15, 0.2) is 11.5 Å². The van der Waals surface area contributed by atoms with Crippen LogP contribution in [0.5, 0.6) is 23.0 Å². The lowest BCUT2D eigenvalue weighted by Crippen LogP contribution is -2.05. The van der Waals surface area contributed by atoms with Crippen molar-refractivity contribution < 1.29 is 28.8 Å². The van der Waals surface area contributed by atoms with Gasteiger partial charge in [0.1, 0.15) is 5.75 Å². The Labute approximate surface area is 185 Å². The largest absolute Gasteiger partial charge is 0.496 e. The van der Waals surface area contributed by atoms with E-state index in [2.05, 4.69) is 28.7 Å². The Bertz CT molecular complexity index is 828. The third-order valence-electron chi connectivity index (χ3n) is 5.21. The van der Waals surface area contributed by atoms with E-state index in [0.29, 0.717) is 23.7 Å². The second-order valence-corrected chi connectivity index (χ2v) is 7.97. The van der Waals surface area contributed by atoms with E-state index in [1.165, 1.54) is 0 Å². The number of benzene rings is 2. The molecule has 0 bridgehead atoms. The van der Waals surface area contributed by atoms with E-state index < -0.39 is 0 Å². The molecule has 1 fully saturated rings. The lowest BCUT2D eigenvalue weighted by molar-refractivity contribution is 0.0436. The Kier molecular flexibility index (Phi) is 7.48. The summed E-state index contributed by atoms with van der Waals surface area (Å²) in [7, 11) is 6.48. The molecule has 1 aliphatic rings. The Balaban J connectivity index is 1.86. The van der Waals surface area contributed by atoms with Gasteiger partial charge < -0.3 is 28.8 Å². The maximum atomic E-state index is 9.32. The van der Waals surface area contributed by atoms with Crippen molar-refractivity contribution in [1.29, 1.82) is 0 Å². The number of aliphatic hydroxyl groups is 1.